The topological polar surface area (TPSA) is 58.5 Å². The Balaban J connectivity index is 2.41. The van der Waals surface area contributed by atoms with Gasteiger partial charge in [-0.15, -0.1) is 0 Å². The molecule has 16 heavy (non-hydrogen) atoms. The molecule has 2 heterocycles. The van der Waals surface area contributed by atoms with E-state index in [0.717, 1.165) is 31.2 Å². The Hall–Kier alpha value is -1.49. The van der Waals surface area contributed by atoms with Gasteiger partial charge in [0.25, 0.3) is 0 Å². The molecule has 0 bridgehead atoms. The van der Waals surface area contributed by atoms with E-state index >= 15 is 0 Å². The second kappa shape index (κ2) is 4.57. The standard InChI is InChI=1S/C10H11ClN4O/c1-7(5-16)14-15-4-2-3-8-9(11)12-6-13-10(8)15/h5-6H,2-4H2,1H3. The van der Waals surface area contributed by atoms with Crippen molar-refractivity contribution >= 4 is 29.4 Å². The number of hydrogen-bond acceptors (Lipinski definition) is 5. The molecular formula is C10H11ClN4O. The average Bonchev–Trinajstić information content (AvgIpc) is 2.30. The van der Waals surface area contributed by atoms with Crippen LogP contribution >= 0.6 is 11.6 Å². The predicted octanol–water partition coefficient (Wildman–Crippen LogP) is 1.46. The summed E-state index contributed by atoms with van der Waals surface area (Å²) in [4.78, 5) is 18.6. The summed E-state index contributed by atoms with van der Waals surface area (Å²) in [6.07, 6.45) is 3.90. The van der Waals surface area contributed by atoms with E-state index in [0.29, 0.717) is 16.7 Å². The van der Waals surface area contributed by atoms with Crippen LogP contribution < -0.4 is 5.01 Å². The number of carbonyl (C=O) groups is 1. The van der Waals surface area contributed by atoms with Crippen molar-refractivity contribution in [3.05, 3.63) is 17.0 Å². The first-order valence-corrected chi connectivity index (χ1v) is 5.37. The third kappa shape index (κ3) is 2.04. The maximum Gasteiger partial charge on any atom is 0.165 e. The fraction of sp³-hybridized carbons (Fsp3) is 0.400. The summed E-state index contributed by atoms with van der Waals surface area (Å²) >= 11 is 5.98. The number of aldehydes is 1. The van der Waals surface area contributed by atoms with Crippen LogP contribution in [0.1, 0.15) is 18.9 Å². The van der Waals surface area contributed by atoms with Crippen LogP contribution in [0.2, 0.25) is 5.15 Å². The minimum absolute atomic E-state index is 0.419. The van der Waals surface area contributed by atoms with Crippen LogP contribution in [0.15, 0.2) is 11.4 Å². The highest BCUT2D eigenvalue weighted by Gasteiger charge is 2.20. The van der Waals surface area contributed by atoms with E-state index in [1.165, 1.54) is 6.33 Å². The minimum Gasteiger partial charge on any atom is -0.296 e. The Morgan fingerprint density at radius 2 is 2.44 bits per heavy atom. The number of fused-ring (bicyclic) bond motifs is 1. The highest BCUT2D eigenvalue weighted by atomic mass is 35.5. The molecule has 1 aromatic heterocycles. The maximum atomic E-state index is 10.5. The van der Waals surface area contributed by atoms with Crippen molar-refractivity contribution in [3.8, 4) is 0 Å². The molecule has 0 aromatic carbocycles. The van der Waals surface area contributed by atoms with Crippen LogP contribution in [0, 0.1) is 0 Å². The third-order valence-electron chi connectivity index (χ3n) is 2.36. The fourth-order valence-electron chi connectivity index (χ4n) is 1.64. The van der Waals surface area contributed by atoms with Gasteiger partial charge in [0, 0.05) is 12.1 Å². The lowest BCUT2D eigenvalue weighted by Gasteiger charge is -2.25. The Morgan fingerprint density at radius 3 is 3.19 bits per heavy atom. The molecule has 5 nitrogen and oxygen atoms in total. The zero-order valence-corrected chi connectivity index (χ0v) is 9.61. The normalized spacial score (nSPS) is 15.9. The van der Waals surface area contributed by atoms with E-state index in [2.05, 4.69) is 15.1 Å². The van der Waals surface area contributed by atoms with Gasteiger partial charge in [-0.25, -0.2) is 15.0 Å². The second-order valence-corrected chi connectivity index (χ2v) is 3.91. The van der Waals surface area contributed by atoms with Crippen LogP contribution in [-0.2, 0) is 11.2 Å². The number of hydrazone groups is 1. The molecule has 2 rings (SSSR count). The molecule has 0 N–H and O–H groups in total. The molecule has 0 unspecified atom stereocenters. The zero-order chi connectivity index (χ0) is 11.5. The molecule has 84 valence electrons. The summed E-state index contributed by atoms with van der Waals surface area (Å²) in [6.45, 7) is 2.40. The van der Waals surface area contributed by atoms with Gasteiger partial charge in [-0.05, 0) is 19.8 Å². The van der Waals surface area contributed by atoms with Crippen molar-refractivity contribution in [2.75, 3.05) is 11.6 Å². The van der Waals surface area contributed by atoms with Crippen molar-refractivity contribution in [2.45, 2.75) is 19.8 Å². The molecule has 0 fully saturated rings. The van der Waals surface area contributed by atoms with E-state index in [4.69, 9.17) is 11.6 Å². The summed E-state index contributed by atoms with van der Waals surface area (Å²) in [5.74, 6) is 0.701. The first kappa shape index (κ1) is 11.0. The Kier molecular flexibility index (Phi) is 3.14. The van der Waals surface area contributed by atoms with Gasteiger partial charge in [-0.3, -0.25) is 4.79 Å². The molecule has 0 saturated carbocycles. The first-order valence-electron chi connectivity index (χ1n) is 4.99. The molecule has 1 aliphatic rings. The molecule has 6 heteroatoms. The number of aromatic nitrogens is 2. The van der Waals surface area contributed by atoms with Crippen molar-refractivity contribution in [2.24, 2.45) is 5.10 Å². The van der Waals surface area contributed by atoms with E-state index in [-0.39, 0.29) is 0 Å². The van der Waals surface area contributed by atoms with E-state index < -0.39 is 0 Å². The fourth-order valence-corrected chi connectivity index (χ4v) is 1.87. The van der Waals surface area contributed by atoms with Crippen LogP contribution in [0.3, 0.4) is 0 Å². The molecule has 1 aromatic rings. The lowest BCUT2D eigenvalue weighted by Crippen LogP contribution is -2.27. The zero-order valence-electron chi connectivity index (χ0n) is 8.85. The maximum absolute atomic E-state index is 10.5. The SMILES string of the molecule is CC(C=O)=NN1CCCc2c(Cl)ncnc21. The van der Waals surface area contributed by atoms with Crippen molar-refractivity contribution in [1.29, 1.82) is 0 Å². The van der Waals surface area contributed by atoms with Crippen LogP contribution in [0.4, 0.5) is 5.82 Å². The van der Waals surface area contributed by atoms with E-state index in [1.807, 2.05) is 0 Å². The van der Waals surface area contributed by atoms with Gasteiger partial charge in [0.2, 0.25) is 0 Å². The second-order valence-electron chi connectivity index (χ2n) is 3.55. The molecule has 0 radical (unpaired) electrons. The highest BCUT2D eigenvalue weighted by Crippen LogP contribution is 2.28. The first-order chi connectivity index (χ1) is 7.72. The summed E-state index contributed by atoms with van der Waals surface area (Å²) in [5, 5.41) is 6.34. The van der Waals surface area contributed by atoms with Gasteiger partial charge in [-0.2, -0.15) is 5.10 Å². The molecule has 0 spiro atoms. The summed E-state index contributed by atoms with van der Waals surface area (Å²) in [5.41, 5.74) is 1.32. The van der Waals surface area contributed by atoms with Gasteiger partial charge in [0.15, 0.2) is 12.1 Å². The van der Waals surface area contributed by atoms with Crippen molar-refractivity contribution in [1.82, 2.24) is 9.97 Å². The summed E-state index contributed by atoms with van der Waals surface area (Å²) < 4.78 is 0. The van der Waals surface area contributed by atoms with Gasteiger partial charge >= 0.3 is 0 Å². The van der Waals surface area contributed by atoms with Gasteiger partial charge in [-0.1, -0.05) is 11.6 Å². The molecule has 0 aliphatic carbocycles. The molecule has 0 saturated heterocycles. The lowest BCUT2D eigenvalue weighted by atomic mass is 10.1. The third-order valence-corrected chi connectivity index (χ3v) is 2.69. The highest BCUT2D eigenvalue weighted by molar-refractivity contribution is 6.30. The van der Waals surface area contributed by atoms with Gasteiger partial charge in [0.05, 0.1) is 5.71 Å². The lowest BCUT2D eigenvalue weighted by molar-refractivity contribution is -0.102. The van der Waals surface area contributed by atoms with Crippen LogP contribution in [0.5, 0.6) is 0 Å². The van der Waals surface area contributed by atoms with Crippen molar-refractivity contribution < 1.29 is 4.79 Å². The quantitative estimate of drug-likeness (QED) is 0.445. The average molecular weight is 239 g/mol. The molecule has 1 aliphatic heterocycles. The summed E-state index contributed by atoms with van der Waals surface area (Å²) in [6, 6.07) is 0. The summed E-state index contributed by atoms with van der Waals surface area (Å²) in [7, 11) is 0. The van der Waals surface area contributed by atoms with Crippen LogP contribution in [0.25, 0.3) is 0 Å². The predicted molar refractivity (Wildman–Crippen MR) is 61.9 cm³/mol. The van der Waals surface area contributed by atoms with E-state index in [9.17, 15) is 4.79 Å². The van der Waals surface area contributed by atoms with E-state index in [1.54, 1.807) is 11.9 Å². The largest absolute Gasteiger partial charge is 0.296 e. The van der Waals surface area contributed by atoms with Crippen LogP contribution in [-0.4, -0.2) is 28.5 Å². The Morgan fingerprint density at radius 1 is 1.62 bits per heavy atom. The van der Waals surface area contributed by atoms with Gasteiger partial charge < -0.3 is 0 Å². The monoisotopic (exact) mass is 238 g/mol. The van der Waals surface area contributed by atoms with Gasteiger partial charge in [0.1, 0.15) is 11.5 Å². The molecular weight excluding hydrogens is 228 g/mol. The number of nitrogens with zero attached hydrogens (tertiary/aromatic N) is 4. The number of halogens is 1. The molecule has 0 amide bonds. The number of rotatable bonds is 2. The number of anilines is 1. The number of carbonyl (C=O) groups excluding carboxylic acids is 1. The molecule has 0 atom stereocenters. The Labute approximate surface area is 98.1 Å². The smallest absolute Gasteiger partial charge is 0.165 e. The minimum atomic E-state index is 0.419. The van der Waals surface area contributed by atoms with Crippen molar-refractivity contribution in [3.63, 3.8) is 0 Å². The number of hydrogen-bond donors (Lipinski definition) is 0. The Bertz CT molecular complexity index is 446.